The number of nitro benzene ring substituents is 1. The fourth-order valence-corrected chi connectivity index (χ4v) is 4.16. The second-order valence-corrected chi connectivity index (χ2v) is 8.42. The Bertz CT molecular complexity index is 988. The van der Waals surface area contributed by atoms with Crippen LogP contribution < -0.4 is 10.0 Å². The van der Waals surface area contributed by atoms with Crippen molar-refractivity contribution in [2.24, 2.45) is 5.14 Å². The van der Waals surface area contributed by atoms with Crippen LogP contribution in [0.4, 0.5) is 11.4 Å². The van der Waals surface area contributed by atoms with E-state index in [1.807, 2.05) is 0 Å². The number of aliphatic hydroxyl groups is 1. The summed E-state index contributed by atoms with van der Waals surface area (Å²) >= 11 is 6.20. The van der Waals surface area contributed by atoms with Crippen molar-refractivity contribution in [3.63, 3.8) is 0 Å². The number of piperidine rings is 1. The maximum atomic E-state index is 11.5. The van der Waals surface area contributed by atoms with Crippen molar-refractivity contribution in [1.82, 2.24) is 0 Å². The Morgan fingerprint density at radius 2 is 1.81 bits per heavy atom. The predicted octanol–water partition coefficient (Wildman–Crippen LogP) is 2.38. The number of primary sulfonamides is 1. The molecule has 0 aromatic heterocycles. The summed E-state index contributed by atoms with van der Waals surface area (Å²) < 4.78 is 22.9. The third kappa shape index (κ3) is 3.91. The Kier molecular flexibility index (Phi) is 5.13. The molecule has 10 heteroatoms. The first kappa shape index (κ1) is 19.6. The Morgan fingerprint density at radius 1 is 1.19 bits per heavy atom. The van der Waals surface area contributed by atoms with E-state index in [4.69, 9.17) is 16.7 Å². The number of halogens is 1. The molecule has 0 unspecified atom stereocenters. The summed E-state index contributed by atoms with van der Waals surface area (Å²) in [5.74, 6) is 0. The zero-order valence-corrected chi connectivity index (χ0v) is 15.8. The van der Waals surface area contributed by atoms with Gasteiger partial charge >= 0.3 is 0 Å². The number of sulfonamides is 1. The van der Waals surface area contributed by atoms with Gasteiger partial charge in [-0.15, -0.1) is 0 Å². The predicted molar refractivity (Wildman–Crippen MR) is 101 cm³/mol. The van der Waals surface area contributed by atoms with Gasteiger partial charge in [-0.1, -0.05) is 29.8 Å². The van der Waals surface area contributed by atoms with E-state index in [1.165, 1.54) is 12.1 Å². The maximum Gasteiger partial charge on any atom is 0.293 e. The number of nitrogens with two attached hydrogens (primary N) is 1. The van der Waals surface area contributed by atoms with Gasteiger partial charge in [0, 0.05) is 29.7 Å². The van der Waals surface area contributed by atoms with E-state index in [0.717, 1.165) is 6.07 Å². The molecule has 8 nitrogen and oxygen atoms in total. The number of rotatable bonds is 4. The molecule has 1 aliphatic rings. The summed E-state index contributed by atoms with van der Waals surface area (Å²) in [6.07, 6.45) is 0.648. The van der Waals surface area contributed by atoms with Crippen molar-refractivity contribution in [2.75, 3.05) is 18.0 Å². The molecule has 0 spiro atoms. The molecule has 0 saturated carbocycles. The Hall–Kier alpha value is -2.20. The zero-order valence-electron chi connectivity index (χ0n) is 14.2. The molecule has 3 N–H and O–H groups in total. The van der Waals surface area contributed by atoms with Crippen LogP contribution in [0, 0.1) is 10.1 Å². The number of nitrogens with zero attached hydrogens (tertiary/aromatic N) is 2. The number of hydrogen-bond acceptors (Lipinski definition) is 6. The van der Waals surface area contributed by atoms with Crippen molar-refractivity contribution in [2.45, 2.75) is 23.3 Å². The first-order valence-corrected chi connectivity index (χ1v) is 10.1. The quantitative estimate of drug-likeness (QED) is 0.587. The molecule has 0 radical (unpaired) electrons. The molecule has 2 aromatic rings. The van der Waals surface area contributed by atoms with E-state index in [0.29, 0.717) is 36.5 Å². The fourth-order valence-electron chi connectivity index (χ4n) is 3.32. The van der Waals surface area contributed by atoms with Crippen LogP contribution in [-0.2, 0) is 15.6 Å². The summed E-state index contributed by atoms with van der Waals surface area (Å²) in [7, 11) is -4.04. The monoisotopic (exact) mass is 411 g/mol. The first-order valence-electron chi connectivity index (χ1n) is 8.15. The van der Waals surface area contributed by atoms with E-state index < -0.39 is 20.5 Å². The molecule has 3 rings (SSSR count). The van der Waals surface area contributed by atoms with Gasteiger partial charge in [0.1, 0.15) is 5.69 Å². The van der Waals surface area contributed by atoms with Crippen LogP contribution in [0.5, 0.6) is 0 Å². The van der Waals surface area contributed by atoms with E-state index in [2.05, 4.69) is 0 Å². The van der Waals surface area contributed by atoms with Gasteiger partial charge in [0.25, 0.3) is 5.69 Å². The van der Waals surface area contributed by atoms with Gasteiger partial charge < -0.3 is 10.0 Å². The fraction of sp³-hybridized carbons (Fsp3) is 0.294. The van der Waals surface area contributed by atoms with Crippen molar-refractivity contribution in [3.8, 4) is 0 Å². The number of benzene rings is 2. The maximum absolute atomic E-state index is 11.5. The lowest BCUT2D eigenvalue weighted by molar-refractivity contribution is -0.384. The lowest BCUT2D eigenvalue weighted by Crippen LogP contribution is -2.43. The average Bonchev–Trinajstić information content (AvgIpc) is 2.61. The molecule has 2 aromatic carbocycles. The normalized spacial score (nSPS) is 16.9. The van der Waals surface area contributed by atoms with Gasteiger partial charge in [0.05, 0.1) is 15.4 Å². The number of hydrogen-bond donors (Lipinski definition) is 2. The van der Waals surface area contributed by atoms with Gasteiger partial charge in [-0.3, -0.25) is 10.1 Å². The molecule has 1 fully saturated rings. The second-order valence-electron chi connectivity index (χ2n) is 6.45. The van der Waals surface area contributed by atoms with Crippen molar-refractivity contribution >= 4 is 33.0 Å². The third-order valence-corrected chi connectivity index (χ3v) is 6.02. The number of anilines is 1. The molecule has 0 atom stereocenters. The van der Waals surface area contributed by atoms with Gasteiger partial charge in [-0.2, -0.15) is 0 Å². The molecule has 27 heavy (non-hydrogen) atoms. The molecule has 1 aliphatic heterocycles. The summed E-state index contributed by atoms with van der Waals surface area (Å²) in [6.45, 7) is 0.689. The first-order chi connectivity index (χ1) is 12.6. The van der Waals surface area contributed by atoms with Crippen LogP contribution in [0.2, 0.25) is 5.02 Å². The molecule has 144 valence electrons. The largest absolute Gasteiger partial charge is 0.385 e. The van der Waals surface area contributed by atoms with Gasteiger partial charge in [0.2, 0.25) is 10.0 Å². The molecular formula is C17H18ClN3O5S. The van der Waals surface area contributed by atoms with Crippen LogP contribution in [0.1, 0.15) is 18.4 Å². The summed E-state index contributed by atoms with van der Waals surface area (Å²) in [4.78, 5) is 12.2. The van der Waals surface area contributed by atoms with Crippen LogP contribution in [-0.4, -0.2) is 31.5 Å². The Balaban J connectivity index is 1.88. The van der Waals surface area contributed by atoms with Crippen LogP contribution in [0.3, 0.4) is 0 Å². The van der Waals surface area contributed by atoms with Gasteiger partial charge in [-0.25, -0.2) is 13.6 Å². The highest BCUT2D eigenvalue weighted by atomic mass is 35.5. The molecular weight excluding hydrogens is 394 g/mol. The van der Waals surface area contributed by atoms with E-state index in [1.54, 1.807) is 29.2 Å². The highest BCUT2D eigenvalue weighted by Crippen LogP contribution is 2.40. The summed E-state index contributed by atoms with van der Waals surface area (Å²) in [5.41, 5.74) is -0.548. The lowest BCUT2D eigenvalue weighted by Gasteiger charge is -2.39. The minimum absolute atomic E-state index is 0.286. The molecule has 0 amide bonds. The van der Waals surface area contributed by atoms with Crippen LogP contribution in [0.25, 0.3) is 0 Å². The zero-order chi connectivity index (χ0) is 19.8. The van der Waals surface area contributed by atoms with E-state index >= 15 is 0 Å². The average molecular weight is 412 g/mol. The molecule has 0 bridgehead atoms. The van der Waals surface area contributed by atoms with Crippen molar-refractivity contribution in [1.29, 1.82) is 0 Å². The Labute approximate surface area is 161 Å². The highest BCUT2D eigenvalue weighted by Gasteiger charge is 2.37. The minimum Gasteiger partial charge on any atom is -0.385 e. The van der Waals surface area contributed by atoms with Crippen molar-refractivity contribution in [3.05, 3.63) is 63.2 Å². The van der Waals surface area contributed by atoms with Crippen LogP contribution >= 0.6 is 11.6 Å². The van der Waals surface area contributed by atoms with Crippen LogP contribution in [0.15, 0.2) is 47.4 Å². The number of nitro groups is 1. The van der Waals surface area contributed by atoms with Crippen molar-refractivity contribution < 1.29 is 18.4 Å². The second kappa shape index (κ2) is 7.08. The SMILES string of the molecule is NS(=O)(=O)c1ccc(N2CCC(O)(c3ccccc3Cl)CC2)c([N+](=O)[O-])c1. The standard InChI is InChI=1S/C17H18ClN3O5S/c18-14-4-2-1-3-13(14)17(22)7-9-20(10-8-17)15-6-5-12(27(19,25)26)11-16(15)21(23)24/h1-6,11,22H,7-10H2,(H2,19,25,26). The topological polar surface area (TPSA) is 127 Å². The van der Waals surface area contributed by atoms with E-state index in [9.17, 15) is 23.6 Å². The molecule has 1 saturated heterocycles. The summed E-state index contributed by atoms with van der Waals surface area (Å²) in [6, 6.07) is 10.6. The van der Waals surface area contributed by atoms with Gasteiger partial charge in [0.15, 0.2) is 0 Å². The lowest BCUT2D eigenvalue weighted by atomic mass is 9.84. The smallest absolute Gasteiger partial charge is 0.293 e. The third-order valence-electron chi connectivity index (χ3n) is 4.78. The summed E-state index contributed by atoms with van der Waals surface area (Å²) in [5, 5.41) is 27.9. The minimum atomic E-state index is -4.04. The van der Waals surface area contributed by atoms with E-state index in [-0.39, 0.29) is 16.3 Å². The molecule has 0 aliphatic carbocycles. The highest BCUT2D eigenvalue weighted by molar-refractivity contribution is 7.89. The Morgan fingerprint density at radius 3 is 2.37 bits per heavy atom. The van der Waals surface area contributed by atoms with Gasteiger partial charge in [-0.05, 0) is 31.0 Å². The molecule has 1 heterocycles.